The van der Waals surface area contributed by atoms with Crippen LogP contribution < -0.4 is 14.2 Å². The lowest BCUT2D eigenvalue weighted by Crippen LogP contribution is -2.10. The molecule has 1 heterocycles. The van der Waals surface area contributed by atoms with Gasteiger partial charge in [-0.2, -0.15) is 13.2 Å². The van der Waals surface area contributed by atoms with Crippen LogP contribution in [0.1, 0.15) is 12.0 Å². The second kappa shape index (κ2) is 15.8. The predicted octanol–water partition coefficient (Wildman–Crippen LogP) is 5.28. The Morgan fingerprint density at radius 3 is 2.44 bits per heavy atom. The van der Waals surface area contributed by atoms with Crippen molar-refractivity contribution in [1.29, 1.82) is 0 Å². The number of benzene rings is 1. The highest BCUT2D eigenvalue weighted by Gasteiger charge is 2.32. The predicted molar refractivity (Wildman–Crippen MR) is 126 cm³/mol. The van der Waals surface area contributed by atoms with Gasteiger partial charge in [-0.15, -0.1) is 11.8 Å². The Balaban J connectivity index is 0.00000281. The fourth-order valence-electron chi connectivity index (χ4n) is 2.33. The second-order valence-electron chi connectivity index (χ2n) is 6.28. The van der Waals surface area contributed by atoms with Crippen molar-refractivity contribution in [3.63, 3.8) is 0 Å². The van der Waals surface area contributed by atoms with Gasteiger partial charge in [-0.05, 0) is 30.3 Å². The molecule has 0 bridgehead atoms. The minimum absolute atomic E-state index is 0.0728. The van der Waals surface area contributed by atoms with E-state index in [4.69, 9.17) is 24.4 Å². The van der Waals surface area contributed by atoms with Crippen LogP contribution in [-0.2, 0) is 6.18 Å². The molecule has 34 heavy (non-hydrogen) atoms. The normalized spacial score (nSPS) is 10.9. The van der Waals surface area contributed by atoms with Gasteiger partial charge < -0.3 is 24.4 Å². The third-order valence-corrected chi connectivity index (χ3v) is 4.78. The molecule has 0 atom stereocenters. The number of hydrogen-bond acceptors (Lipinski definition) is 7. The number of nitrogens with zero attached hydrogens (tertiary/aromatic N) is 1. The van der Waals surface area contributed by atoms with E-state index >= 15 is 0 Å². The number of aliphatic hydroxyl groups is 2. The van der Waals surface area contributed by atoms with Gasteiger partial charge in [-0.1, -0.05) is 25.3 Å². The number of thioether (sulfide) groups is 1. The smallest absolute Gasteiger partial charge is 0.418 e. The molecule has 186 valence electrons. The Morgan fingerprint density at radius 1 is 1.15 bits per heavy atom. The molecule has 0 radical (unpaired) electrons. The quantitative estimate of drug-likeness (QED) is 0.168. The first-order valence-corrected chi connectivity index (χ1v) is 11.1. The van der Waals surface area contributed by atoms with Crippen LogP contribution in [-0.4, -0.2) is 47.9 Å². The monoisotopic (exact) mass is 499 g/mol. The second-order valence-corrected chi connectivity index (χ2v) is 7.45. The first kappa shape index (κ1) is 29.1. The van der Waals surface area contributed by atoms with Crippen molar-refractivity contribution < 1.29 is 37.6 Å². The van der Waals surface area contributed by atoms with Gasteiger partial charge in [0.15, 0.2) is 5.75 Å². The van der Waals surface area contributed by atoms with Crippen molar-refractivity contribution in [2.45, 2.75) is 17.5 Å². The minimum Gasteiger partial charge on any atom is -0.493 e. The van der Waals surface area contributed by atoms with Crippen LogP contribution >= 0.6 is 11.8 Å². The Morgan fingerprint density at radius 2 is 1.82 bits per heavy atom. The van der Waals surface area contributed by atoms with Gasteiger partial charge in [0.25, 0.3) is 5.88 Å². The van der Waals surface area contributed by atoms with E-state index in [1.54, 1.807) is 17.8 Å². The topological polar surface area (TPSA) is 81.0 Å². The summed E-state index contributed by atoms with van der Waals surface area (Å²) in [5.74, 6) is 1.16. The van der Waals surface area contributed by atoms with Crippen LogP contribution in [0.2, 0.25) is 0 Å². The number of alkyl halides is 3. The average molecular weight is 500 g/mol. The summed E-state index contributed by atoms with van der Waals surface area (Å²) in [4.78, 5) is 4.78. The number of ether oxygens (including phenoxy) is 3. The van der Waals surface area contributed by atoms with Crippen LogP contribution in [0.15, 0.2) is 78.6 Å². The van der Waals surface area contributed by atoms with Gasteiger partial charge in [-0.25, -0.2) is 4.98 Å². The third-order valence-electron chi connectivity index (χ3n) is 3.78. The van der Waals surface area contributed by atoms with Gasteiger partial charge in [0, 0.05) is 36.4 Å². The fraction of sp³-hybridized carbons (Fsp3) is 0.292. The van der Waals surface area contributed by atoms with Crippen LogP contribution in [0.5, 0.6) is 17.4 Å². The minimum atomic E-state index is -4.57. The van der Waals surface area contributed by atoms with E-state index in [-0.39, 0.29) is 30.6 Å². The lowest BCUT2D eigenvalue weighted by Gasteiger charge is -2.14. The Hall–Kier alpha value is -2.95. The van der Waals surface area contributed by atoms with E-state index in [0.29, 0.717) is 30.7 Å². The molecule has 0 fully saturated rings. The van der Waals surface area contributed by atoms with Crippen LogP contribution in [0.3, 0.4) is 0 Å². The molecular formula is C24H28F3NO5S. The van der Waals surface area contributed by atoms with Crippen LogP contribution in [0.4, 0.5) is 13.2 Å². The van der Waals surface area contributed by atoms with Gasteiger partial charge in [0.1, 0.15) is 11.5 Å². The first-order valence-electron chi connectivity index (χ1n) is 10.1. The molecule has 1 aromatic heterocycles. The average Bonchev–Trinajstić information content (AvgIpc) is 2.83. The number of rotatable bonds is 13. The van der Waals surface area contributed by atoms with Crippen molar-refractivity contribution in [3.05, 3.63) is 79.2 Å². The molecule has 1 aromatic carbocycles. The number of aromatic nitrogens is 1. The molecule has 0 aliphatic carbocycles. The molecule has 0 aliphatic heterocycles. The summed E-state index contributed by atoms with van der Waals surface area (Å²) >= 11 is 1.54. The maximum Gasteiger partial charge on any atom is 0.418 e. The van der Waals surface area contributed by atoms with Gasteiger partial charge in [0.05, 0.1) is 25.4 Å². The SMILES string of the molecule is C=C/C=C\C(=C)Oc1cc(C(F)(F)F)cnc1OCCCOc1ccc(SCCO)cc1.CO. The molecule has 0 spiro atoms. The van der Waals surface area contributed by atoms with E-state index in [0.717, 1.165) is 18.1 Å². The summed E-state index contributed by atoms with van der Waals surface area (Å²) in [7, 11) is 1.00. The molecule has 2 aromatic rings. The first-order chi connectivity index (χ1) is 16.3. The van der Waals surface area contributed by atoms with Crippen molar-refractivity contribution >= 4 is 11.8 Å². The molecule has 0 unspecified atom stereocenters. The maximum atomic E-state index is 13.0. The van der Waals surface area contributed by atoms with Crippen LogP contribution in [0.25, 0.3) is 0 Å². The van der Waals surface area contributed by atoms with E-state index in [2.05, 4.69) is 18.1 Å². The zero-order valence-corrected chi connectivity index (χ0v) is 19.6. The molecule has 2 N–H and O–H groups in total. The number of hydrogen-bond donors (Lipinski definition) is 2. The number of pyridine rings is 1. The van der Waals surface area contributed by atoms with E-state index in [1.807, 2.05) is 24.3 Å². The molecule has 0 saturated carbocycles. The summed E-state index contributed by atoms with van der Waals surface area (Å²) in [5.41, 5.74) is -0.954. The zero-order valence-electron chi connectivity index (χ0n) is 18.8. The van der Waals surface area contributed by atoms with E-state index in [1.165, 1.54) is 12.2 Å². The number of allylic oxidation sites excluding steroid dienone is 3. The van der Waals surface area contributed by atoms with Crippen molar-refractivity contribution in [3.8, 4) is 17.4 Å². The summed E-state index contributed by atoms with van der Waals surface area (Å²) < 4.78 is 55.6. The lowest BCUT2D eigenvalue weighted by molar-refractivity contribution is -0.138. The van der Waals surface area contributed by atoms with Gasteiger partial charge in [0.2, 0.25) is 0 Å². The van der Waals surface area contributed by atoms with Crippen LogP contribution in [0, 0.1) is 0 Å². The van der Waals surface area contributed by atoms with E-state index in [9.17, 15) is 13.2 Å². The summed E-state index contributed by atoms with van der Waals surface area (Å²) in [6, 6.07) is 8.27. The largest absolute Gasteiger partial charge is 0.493 e. The molecule has 0 saturated heterocycles. The molecule has 0 aliphatic rings. The van der Waals surface area contributed by atoms with Gasteiger partial charge >= 0.3 is 6.18 Å². The summed E-state index contributed by atoms with van der Waals surface area (Å²) in [6.07, 6.45) is 1.08. The highest BCUT2D eigenvalue weighted by atomic mass is 32.2. The van der Waals surface area contributed by atoms with Crippen molar-refractivity contribution in [2.75, 3.05) is 32.7 Å². The molecule has 0 amide bonds. The Bertz CT molecular complexity index is 918. The number of halogens is 3. The Kier molecular flexibility index (Phi) is 13.5. The number of aliphatic hydroxyl groups excluding tert-OH is 2. The summed E-state index contributed by atoms with van der Waals surface area (Å²) in [5, 5.41) is 15.8. The molecular weight excluding hydrogens is 471 g/mol. The standard InChI is InChI=1S/C23H24F3NO4S.CH4O/c1-3-4-6-17(2)31-21-15-18(23(24,25)26)16-27-22(21)30-13-5-12-29-19-7-9-20(10-8-19)32-14-11-28;1-2/h3-4,6-10,15-16,28H,1-2,5,11-14H2;2H,1H3/b6-4-;. The fourth-order valence-corrected chi connectivity index (χ4v) is 2.99. The van der Waals surface area contributed by atoms with E-state index < -0.39 is 11.7 Å². The molecule has 2 rings (SSSR count). The molecule has 6 nitrogen and oxygen atoms in total. The van der Waals surface area contributed by atoms with Crippen molar-refractivity contribution in [1.82, 2.24) is 4.98 Å². The van der Waals surface area contributed by atoms with Gasteiger partial charge in [-0.3, -0.25) is 0 Å². The molecule has 10 heteroatoms. The Labute approximate surface area is 201 Å². The summed E-state index contributed by atoms with van der Waals surface area (Å²) in [6.45, 7) is 7.76. The maximum absolute atomic E-state index is 13.0. The highest BCUT2D eigenvalue weighted by Crippen LogP contribution is 2.35. The van der Waals surface area contributed by atoms with Crippen molar-refractivity contribution in [2.24, 2.45) is 0 Å². The highest BCUT2D eigenvalue weighted by molar-refractivity contribution is 7.99. The third kappa shape index (κ3) is 10.8. The lowest BCUT2D eigenvalue weighted by atomic mass is 10.2. The zero-order chi connectivity index (χ0) is 25.4.